The molecule has 2 heteroatoms. The van der Waals surface area contributed by atoms with Gasteiger partial charge in [0.05, 0.1) is 0 Å². The van der Waals surface area contributed by atoms with E-state index in [2.05, 4.69) is 24.0 Å². The molecule has 0 spiro atoms. The number of aromatic nitrogens is 1. The highest BCUT2D eigenvalue weighted by molar-refractivity contribution is 5.95. The second kappa shape index (κ2) is 8.35. The van der Waals surface area contributed by atoms with Crippen LogP contribution in [0, 0.1) is 13.8 Å². The maximum absolute atomic E-state index is 11.6. The van der Waals surface area contributed by atoms with Crippen LogP contribution in [0.4, 0.5) is 0 Å². The number of hydrogen-bond acceptors (Lipinski definition) is 2. The van der Waals surface area contributed by atoms with E-state index in [1.807, 2.05) is 45.3 Å². The molecule has 21 heavy (non-hydrogen) atoms. The van der Waals surface area contributed by atoms with E-state index in [1.165, 1.54) is 16.7 Å². The summed E-state index contributed by atoms with van der Waals surface area (Å²) in [6.07, 6.45) is 5.55. The van der Waals surface area contributed by atoms with Gasteiger partial charge in [0, 0.05) is 18.0 Å². The lowest BCUT2D eigenvalue weighted by atomic mass is 9.96. The number of pyridine rings is 1. The summed E-state index contributed by atoms with van der Waals surface area (Å²) in [5.41, 5.74) is 5.56. The molecule has 0 amide bonds. The van der Waals surface area contributed by atoms with Crippen molar-refractivity contribution >= 4 is 5.78 Å². The first kappa shape index (κ1) is 17.1. The molecule has 0 aliphatic rings. The van der Waals surface area contributed by atoms with Crippen LogP contribution in [0.5, 0.6) is 0 Å². The number of carbonyl (C=O) groups is 1. The van der Waals surface area contributed by atoms with E-state index in [0.717, 1.165) is 24.0 Å². The van der Waals surface area contributed by atoms with Gasteiger partial charge >= 0.3 is 0 Å². The van der Waals surface area contributed by atoms with Gasteiger partial charge in [0.1, 0.15) is 0 Å². The molecule has 0 aliphatic heterocycles. The molecule has 1 heterocycles. The Morgan fingerprint density at radius 3 is 2.33 bits per heavy atom. The molecule has 2 nitrogen and oxygen atoms in total. The smallest absolute Gasteiger partial charge is 0.160 e. The van der Waals surface area contributed by atoms with Crippen LogP contribution >= 0.6 is 0 Å². The molecule has 0 aliphatic carbocycles. The van der Waals surface area contributed by atoms with Gasteiger partial charge < -0.3 is 0 Å². The molecule has 0 N–H and O–H groups in total. The Kier molecular flexibility index (Phi) is 6.80. The van der Waals surface area contributed by atoms with Crippen molar-refractivity contribution in [3.63, 3.8) is 0 Å². The van der Waals surface area contributed by atoms with Gasteiger partial charge in [0.15, 0.2) is 5.78 Å². The summed E-state index contributed by atoms with van der Waals surface area (Å²) in [5.74, 6) is 0.136. The van der Waals surface area contributed by atoms with Gasteiger partial charge in [0.2, 0.25) is 0 Å². The number of ketones is 1. The third-order valence-electron chi connectivity index (χ3n) is 3.25. The summed E-state index contributed by atoms with van der Waals surface area (Å²) in [6.45, 7) is 9.73. The summed E-state index contributed by atoms with van der Waals surface area (Å²) < 4.78 is 0. The SMILES string of the molecule is CC.CC(=O)c1ccc(C)cc1CCc1cncc(C)c1. The highest BCUT2D eigenvalue weighted by Crippen LogP contribution is 2.15. The fraction of sp³-hybridized carbons (Fsp3) is 0.368. The molecule has 0 radical (unpaired) electrons. The van der Waals surface area contributed by atoms with E-state index in [-0.39, 0.29) is 5.78 Å². The summed E-state index contributed by atoms with van der Waals surface area (Å²) in [5, 5.41) is 0. The van der Waals surface area contributed by atoms with Crippen LogP contribution in [0.1, 0.15) is 53.4 Å². The van der Waals surface area contributed by atoms with E-state index in [4.69, 9.17) is 0 Å². The second-order valence-corrected chi connectivity index (χ2v) is 5.09. The van der Waals surface area contributed by atoms with Crippen molar-refractivity contribution in [1.29, 1.82) is 0 Å². The van der Waals surface area contributed by atoms with Gasteiger partial charge in [-0.3, -0.25) is 9.78 Å². The minimum Gasteiger partial charge on any atom is -0.295 e. The molecule has 2 rings (SSSR count). The van der Waals surface area contributed by atoms with Crippen LogP contribution in [0.15, 0.2) is 36.7 Å². The number of nitrogens with zero attached hydrogens (tertiary/aromatic N) is 1. The molecular formula is C19H25NO. The van der Waals surface area contributed by atoms with Gasteiger partial charge in [-0.05, 0) is 50.3 Å². The van der Waals surface area contributed by atoms with E-state index in [9.17, 15) is 4.79 Å². The fourth-order valence-corrected chi connectivity index (χ4v) is 2.31. The number of benzene rings is 1. The number of aryl methyl sites for hydroxylation is 4. The molecule has 0 bridgehead atoms. The molecule has 0 atom stereocenters. The minimum absolute atomic E-state index is 0.136. The normalized spacial score (nSPS) is 9.76. The van der Waals surface area contributed by atoms with Crippen LogP contribution < -0.4 is 0 Å². The molecule has 1 aromatic heterocycles. The summed E-state index contributed by atoms with van der Waals surface area (Å²) in [7, 11) is 0. The zero-order chi connectivity index (χ0) is 15.8. The molecule has 112 valence electrons. The van der Waals surface area contributed by atoms with Crippen molar-refractivity contribution in [2.24, 2.45) is 0 Å². The molecule has 0 unspecified atom stereocenters. The van der Waals surface area contributed by atoms with Crippen molar-refractivity contribution in [3.8, 4) is 0 Å². The summed E-state index contributed by atoms with van der Waals surface area (Å²) >= 11 is 0. The van der Waals surface area contributed by atoms with Crippen LogP contribution in [0.3, 0.4) is 0 Å². The zero-order valence-corrected chi connectivity index (χ0v) is 13.7. The lowest BCUT2D eigenvalue weighted by Crippen LogP contribution is -2.02. The van der Waals surface area contributed by atoms with Crippen molar-refractivity contribution in [3.05, 3.63) is 64.5 Å². The minimum atomic E-state index is 0.136. The first-order valence-corrected chi connectivity index (χ1v) is 7.57. The highest BCUT2D eigenvalue weighted by atomic mass is 16.1. The van der Waals surface area contributed by atoms with E-state index < -0.39 is 0 Å². The molecule has 0 fully saturated rings. The monoisotopic (exact) mass is 283 g/mol. The Labute approximate surface area is 128 Å². The third kappa shape index (κ3) is 5.14. The number of Topliss-reactive ketones (excluding diaryl/α,β-unsaturated/α-hetero) is 1. The van der Waals surface area contributed by atoms with Gasteiger partial charge in [-0.15, -0.1) is 0 Å². The van der Waals surface area contributed by atoms with Crippen molar-refractivity contribution in [1.82, 2.24) is 4.98 Å². The van der Waals surface area contributed by atoms with Gasteiger partial charge in [0.25, 0.3) is 0 Å². The van der Waals surface area contributed by atoms with Crippen LogP contribution in [-0.4, -0.2) is 10.8 Å². The fourth-order valence-electron chi connectivity index (χ4n) is 2.31. The quantitative estimate of drug-likeness (QED) is 0.760. The van der Waals surface area contributed by atoms with Gasteiger partial charge in [-0.1, -0.05) is 43.7 Å². The number of rotatable bonds is 4. The topological polar surface area (TPSA) is 30.0 Å². The summed E-state index contributed by atoms with van der Waals surface area (Å²) in [4.78, 5) is 15.8. The zero-order valence-electron chi connectivity index (χ0n) is 13.7. The Balaban J connectivity index is 0.00000106. The Morgan fingerprint density at radius 2 is 1.71 bits per heavy atom. The van der Waals surface area contributed by atoms with Gasteiger partial charge in [-0.2, -0.15) is 0 Å². The second-order valence-electron chi connectivity index (χ2n) is 5.09. The first-order valence-electron chi connectivity index (χ1n) is 7.57. The maximum Gasteiger partial charge on any atom is 0.160 e. The van der Waals surface area contributed by atoms with E-state index in [0.29, 0.717) is 0 Å². The van der Waals surface area contributed by atoms with Crippen LogP contribution in [0.2, 0.25) is 0 Å². The van der Waals surface area contributed by atoms with Crippen molar-refractivity contribution in [2.75, 3.05) is 0 Å². The van der Waals surface area contributed by atoms with Crippen LogP contribution in [0.25, 0.3) is 0 Å². The lowest BCUT2D eigenvalue weighted by molar-refractivity contribution is 0.101. The molecule has 1 aromatic carbocycles. The standard InChI is InChI=1S/C17H19NO.C2H6/c1-12-4-7-17(14(3)19)16(9-12)6-5-15-8-13(2)10-18-11-15;1-2/h4,7-11H,5-6H2,1-3H3;1-2H3. The number of hydrogen-bond donors (Lipinski definition) is 0. The third-order valence-corrected chi connectivity index (χ3v) is 3.25. The average molecular weight is 283 g/mol. The molecule has 0 saturated heterocycles. The van der Waals surface area contributed by atoms with E-state index >= 15 is 0 Å². The van der Waals surface area contributed by atoms with Gasteiger partial charge in [-0.25, -0.2) is 0 Å². The molecular weight excluding hydrogens is 258 g/mol. The first-order chi connectivity index (χ1) is 10.1. The largest absolute Gasteiger partial charge is 0.295 e. The predicted molar refractivity (Wildman–Crippen MR) is 88.9 cm³/mol. The van der Waals surface area contributed by atoms with E-state index in [1.54, 1.807) is 6.92 Å². The van der Waals surface area contributed by atoms with Crippen molar-refractivity contribution < 1.29 is 4.79 Å². The average Bonchev–Trinajstić information content (AvgIpc) is 2.47. The Hall–Kier alpha value is -1.96. The Morgan fingerprint density at radius 1 is 1.00 bits per heavy atom. The maximum atomic E-state index is 11.6. The van der Waals surface area contributed by atoms with Crippen LogP contribution in [-0.2, 0) is 12.8 Å². The molecule has 2 aromatic rings. The predicted octanol–water partition coefficient (Wildman–Crippen LogP) is 4.71. The summed E-state index contributed by atoms with van der Waals surface area (Å²) in [6, 6.07) is 8.19. The molecule has 0 saturated carbocycles. The highest BCUT2D eigenvalue weighted by Gasteiger charge is 2.07. The number of carbonyl (C=O) groups excluding carboxylic acids is 1. The lowest BCUT2D eigenvalue weighted by Gasteiger charge is -2.08. The van der Waals surface area contributed by atoms with Crippen molar-refractivity contribution in [2.45, 2.75) is 47.5 Å². The Bertz CT molecular complexity index is 602.